The quantitative estimate of drug-likeness (QED) is 0.927. The number of halogens is 2. The Morgan fingerprint density at radius 2 is 2.10 bits per heavy atom. The van der Waals surface area contributed by atoms with Crippen LogP contribution in [0, 0.1) is 5.82 Å². The van der Waals surface area contributed by atoms with E-state index in [4.69, 9.17) is 4.74 Å². The smallest absolute Gasteiger partial charge is 0.141 e. The molecule has 0 saturated carbocycles. The van der Waals surface area contributed by atoms with E-state index in [1.54, 1.807) is 14.0 Å². The molecule has 1 aromatic carbocycles. The van der Waals surface area contributed by atoms with Gasteiger partial charge in [-0.1, -0.05) is 6.07 Å². The van der Waals surface area contributed by atoms with Crippen LogP contribution in [0.4, 0.5) is 4.39 Å². The molecule has 1 N–H and O–H groups in total. The third-order valence-electron chi connectivity index (χ3n) is 3.04. The van der Waals surface area contributed by atoms with Gasteiger partial charge in [-0.05, 0) is 52.7 Å². The van der Waals surface area contributed by atoms with E-state index in [2.05, 4.69) is 20.9 Å². The number of nitrogens with zero attached hydrogens (tertiary/aromatic N) is 1. The number of benzene rings is 1. The Morgan fingerprint density at radius 3 is 2.65 bits per heavy atom. The first kappa shape index (κ1) is 14.9. The minimum absolute atomic E-state index is 0.369. The number of aromatic nitrogens is 1. The maximum atomic E-state index is 12.9. The van der Waals surface area contributed by atoms with Crippen molar-refractivity contribution in [3.8, 4) is 5.75 Å². The van der Waals surface area contributed by atoms with Gasteiger partial charge in [0.15, 0.2) is 0 Å². The summed E-state index contributed by atoms with van der Waals surface area (Å²) in [5, 5.41) is 10.5. The first-order valence-corrected chi connectivity index (χ1v) is 6.88. The number of hydrogen-bond donors (Lipinski definition) is 1. The topological polar surface area (TPSA) is 42.4 Å². The average Bonchev–Trinajstić information content (AvgIpc) is 2.39. The summed E-state index contributed by atoms with van der Waals surface area (Å²) in [6.45, 7) is 1.66. The van der Waals surface area contributed by atoms with Crippen molar-refractivity contribution in [1.29, 1.82) is 0 Å². The van der Waals surface area contributed by atoms with Gasteiger partial charge < -0.3 is 9.84 Å². The van der Waals surface area contributed by atoms with Gasteiger partial charge in [-0.15, -0.1) is 0 Å². The number of ether oxygens (including phenoxy) is 1. The lowest BCUT2D eigenvalue weighted by Gasteiger charge is -2.23. The van der Waals surface area contributed by atoms with Gasteiger partial charge in [-0.2, -0.15) is 0 Å². The van der Waals surface area contributed by atoms with Crippen molar-refractivity contribution in [3.63, 3.8) is 0 Å². The highest BCUT2D eigenvalue weighted by atomic mass is 79.9. The van der Waals surface area contributed by atoms with Gasteiger partial charge in [-0.25, -0.2) is 4.39 Å². The van der Waals surface area contributed by atoms with E-state index < -0.39 is 11.4 Å². The molecule has 0 fully saturated rings. The third kappa shape index (κ3) is 3.35. The van der Waals surface area contributed by atoms with Crippen LogP contribution in [-0.4, -0.2) is 17.2 Å². The maximum absolute atomic E-state index is 12.9. The van der Waals surface area contributed by atoms with Crippen molar-refractivity contribution >= 4 is 15.9 Å². The van der Waals surface area contributed by atoms with Gasteiger partial charge >= 0.3 is 0 Å². The Labute approximate surface area is 125 Å². The number of hydrogen-bond acceptors (Lipinski definition) is 3. The van der Waals surface area contributed by atoms with E-state index in [0.717, 1.165) is 22.0 Å². The molecular weight excluding hydrogens is 325 g/mol. The van der Waals surface area contributed by atoms with Crippen LogP contribution >= 0.6 is 15.9 Å². The summed E-state index contributed by atoms with van der Waals surface area (Å²) in [5.41, 5.74) is 0.196. The van der Waals surface area contributed by atoms with Gasteiger partial charge in [0, 0.05) is 6.42 Å². The van der Waals surface area contributed by atoms with Crippen molar-refractivity contribution in [2.45, 2.75) is 18.9 Å². The van der Waals surface area contributed by atoms with Gasteiger partial charge in [-0.3, -0.25) is 4.98 Å². The Morgan fingerprint density at radius 1 is 1.35 bits per heavy atom. The summed E-state index contributed by atoms with van der Waals surface area (Å²) < 4.78 is 18.9. The molecule has 1 heterocycles. The summed E-state index contributed by atoms with van der Waals surface area (Å²) >= 11 is 3.41. The fourth-order valence-electron chi connectivity index (χ4n) is 2.00. The second kappa shape index (κ2) is 5.89. The fraction of sp³-hybridized carbons (Fsp3) is 0.267. The van der Waals surface area contributed by atoms with E-state index in [0.29, 0.717) is 12.1 Å². The lowest BCUT2D eigenvalue weighted by Crippen LogP contribution is -2.25. The van der Waals surface area contributed by atoms with Gasteiger partial charge in [0.1, 0.15) is 17.2 Å². The van der Waals surface area contributed by atoms with Gasteiger partial charge in [0.05, 0.1) is 23.5 Å². The minimum atomic E-state index is -1.16. The molecule has 0 aliphatic rings. The molecule has 2 aromatic rings. The molecule has 1 aromatic heterocycles. The molecule has 0 amide bonds. The predicted molar refractivity (Wildman–Crippen MR) is 78.2 cm³/mol. The highest BCUT2D eigenvalue weighted by molar-refractivity contribution is 9.10. The van der Waals surface area contributed by atoms with Gasteiger partial charge in [0.25, 0.3) is 0 Å². The summed E-state index contributed by atoms with van der Waals surface area (Å²) in [7, 11) is 1.60. The lowest BCUT2D eigenvalue weighted by atomic mass is 9.93. The molecule has 5 heteroatoms. The second-order valence-electron chi connectivity index (χ2n) is 4.78. The van der Waals surface area contributed by atoms with Crippen molar-refractivity contribution in [2.75, 3.05) is 7.11 Å². The fourth-order valence-corrected chi connectivity index (χ4v) is 2.59. The molecule has 0 saturated heterocycles. The summed E-state index contributed by atoms with van der Waals surface area (Å²) in [5.74, 6) is 0.310. The molecule has 0 aliphatic carbocycles. The van der Waals surface area contributed by atoms with E-state index in [-0.39, 0.29) is 0 Å². The van der Waals surface area contributed by atoms with Crippen molar-refractivity contribution < 1.29 is 14.2 Å². The molecule has 0 aliphatic heterocycles. The standard InChI is InChI=1S/C15H15BrFNO2/c1-15(19,14-6-4-11(17)9-18-14)8-10-3-5-13(20-2)12(16)7-10/h3-7,9,19H,8H2,1-2H3. The Kier molecular flexibility index (Phi) is 4.40. The first-order chi connectivity index (χ1) is 9.42. The van der Waals surface area contributed by atoms with Crippen molar-refractivity contribution in [2.24, 2.45) is 0 Å². The molecular formula is C15H15BrFNO2. The van der Waals surface area contributed by atoms with Crippen LogP contribution in [-0.2, 0) is 12.0 Å². The van der Waals surface area contributed by atoms with Crippen LogP contribution in [0.1, 0.15) is 18.2 Å². The maximum Gasteiger partial charge on any atom is 0.141 e. The van der Waals surface area contributed by atoms with Crippen LogP contribution < -0.4 is 4.74 Å². The molecule has 3 nitrogen and oxygen atoms in total. The SMILES string of the molecule is COc1ccc(CC(C)(O)c2ccc(F)cn2)cc1Br. The summed E-state index contributed by atoms with van der Waals surface area (Å²) in [6.07, 6.45) is 1.47. The zero-order valence-corrected chi connectivity index (χ0v) is 12.8. The number of methoxy groups -OCH3 is 1. The average molecular weight is 340 g/mol. The van der Waals surface area contributed by atoms with E-state index in [1.165, 1.54) is 12.1 Å². The molecule has 1 unspecified atom stereocenters. The molecule has 106 valence electrons. The van der Waals surface area contributed by atoms with Crippen LogP contribution in [0.15, 0.2) is 41.0 Å². The molecule has 0 bridgehead atoms. The normalized spacial score (nSPS) is 13.8. The van der Waals surface area contributed by atoms with Crippen molar-refractivity contribution in [1.82, 2.24) is 4.98 Å². The number of aliphatic hydroxyl groups is 1. The Hall–Kier alpha value is -1.46. The predicted octanol–water partition coefficient (Wildman–Crippen LogP) is 3.44. The van der Waals surface area contributed by atoms with Crippen LogP contribution in [0.3, 0.4) is 0 Å². The van der Waals surface area contributed by atoms with E-state index in [1.807, 2.05) is 18.2 Å². The zero-order chi connectivity index (χ0) is 14.8. The summed E-state index contributed by atoms with van der Waals surface area (Å²) in [4.78, 5) is 3.94. The molecule has 20 heavy (non-hydrogen) atoms. The van der Waals surface area contributed by atoms with E-state index >= 15 is 0 Å². The minimum Gasteiger partial charge on any atom is -0.496 e. The van der Waals surface area contributed by atoms with Crippen LogP contribution in [0.2, 0.25) is 0 Å². The molecule has 1 atom stereocenters. The zero-order valence-electron chi connectivity index (χ0n) is 11.2. The largest absolute Gasteiger partial charge is 0.496 e. The van der Waals surface area contributed by atoms with E-state index in [9.17, 15) is 9.50 Å². The monoisotopic (exact) mass is 339 g/mol. The number of pyridine rings is 1. The number of rotatable bonds is 4. The Balaban J connectivity index is 2.23. The lowest BCUT2D eigenvalue weighted by molar-refractivity contribution is 0.0529. The molecule has 0 radical (unpaired) electrons. The Bertz CT molecular complexity index is 599. The molecule has 2 rings (SSSR count). The van der Waals surface area contributed by atoms with Crippen LogP contribution in [0.25, 0.3) is 0 Å². The second-order valence-corrected chi connectivity index (χ2v) is 5.64. The third-order valence-corrected chi connectivity index (χ3v) is 3.66. The van der Waals surface area contributed by atoms with Gasteiger partial charge in [0.2, 0.25) is 0 Å². The van der Waals surface area contributed by atoms with Crippen molar-refractivity contribution in [3.05, 3.63) is 58.1 Å². The summed E-state index contributed by atoms with van der Waals surface area (Å²) in [6, 6.07) is 8.38. The van der Waals surface area contributed by atoms with Crippen LogP contribution in [0.5, 0.6) is 5.75 Å². The molecule has 0 spiro atoms. The highest BCUT2D eigenvalue weighted by Gasteiger charge is 2.25. The first-order valence-electron chi connectivity index (χ1n) is 6.09. The highest BCUT2D eigenvalue weighted by Crippen LogP contribution is 2.29.